The summed E-state index contributed by atoms with van der Waals surface area (Å²) in [6.07, 6.45) is 9.83. The van der Waals surface area contributed by atoms with Gasteiger partial charge >= 0.3 is 5.97 Å². The van der Waals surface area contributed by atoms with E-state index in [2.05, 4.69) is 9.71 Å². The monoisotopic (exact) mass is 772 g/mol. The maximum atomic E-state index is 14.6. The Balaban J connectivity index is 1.18. The molecule has 2 saturated carbocycles. The van der Waals surface area contributed by atoms with Crippen LogP contribution in [-0.2, 0) is 33.9 Å². The van der Waals surface area contributed by atoms with Crippen molar-refractivity contribution in [2.24, 2.45) is 17.3 Å². The number of imidazole rings is 1. The number of carbonyl (C=O) groups is 4. The van der Waals surface area contributed by atoms with Crippen LogP contribution in [0.1, 0.15) is 98.3 Å². The maximum Gasteiger partial charge on any atom is 0.307 e. The molecular formula is C42H52N4O8S. The van der Waals surface area contributed by atoms with Gasteiger partial charge in [0.25, 0.3) is 0 Å². The minimum atomic E-state index is -3.93. The summed E-state index contributed by atoms with van der Waals surface area (Å²) in [5.41, 5.74) is 0.577. The summed E-state index contributed by atoms with van der Waals surface area (Å²) in [6, 6.07) is 14.4. The van der Waals surface area contributed by atoms with E-state index in [1.165, 1.54) is 4.90 Å². The number of carbonyl (C=O) groups excluding carboxylic acids is 4. The summed E-state index contributed by atoms with van der Waals surface area (Å²) in [4.78, 5) is 62.3. The molecule has 3 aromatic rings. The highest BCUT2D eigenvalue weighted by molar-refractivity contribution is 7.91. The third-order valence-electron chi connectivity index (χ3n) is 11.7. The zero-order valence-electron chi connectivity index (χ0n) is 32.2. The Hall–Kier alpha value is -4.52. The Morgan fingerprint density at radius 3 is 2.53 bits per heavy atom. The Labute approximate surface area is 323 Å². The summed E-state index contributed by atoms with van der Waals surface area (Å²) >= 11 is 0. The zero-order chi connectivity index (χ0) is 39.2. The number of benzene rings is 2. The molecule has 0 spiro atoms. The summed E-state index contributed by atoms with van der Waals surface area (Å²) < 4.78 is 41.8. The fourth-order valence-corrected chi connectivity index (χ4v) is 9.39. The molecule has 55 heavy (non-hydrogen) atoms. The van der Waals surface area contributed by atoms with Gasteiger partial charge in [-0.15, -0.1) is 0 Å². The number of ether oxygens (including phenoxy) is 2. The number of hydrogen-bond donors (Lipinski definition) is 1. The predicted octanol–water partition coefficient (Wildman–Crippen LogP) is 6.21. The summed E-state index contributed by atoms with van der Waals surface area (Å²) in [6.45, 7) is 7.07. The number of amides is 2. The highest BCUT2D eigenvalue weighted by Crippen LogP contribution is 2.57. The van der Waals surface area contributed by atoms with Gasteiger partial charge in [-0.25, -0.2) is 13.4 Å². The van der Waals surface area contributed by atoms with Gasteiger partial charge in [0.2, 0.25) is 21.8 Å². The standard InChI is InChI=1S/C42H52N4O8S/c1-40(2,3)54-37(48)21-28-13-9-6-5-7-10-14-29-24-42(29,39(50)44-55(51,52)41(4)19-20-41)25-36(47)35-23-32(26-45(35)38(28)49)53-31-17-18-33-34(22-31)46(27-43-33)30-15-11-8-12-16-30/h8,10-12,14-18,22,27-29,32,35H,5-7,9,13,19-21,23-26H2,1-4H3,(H,44,50)/b14-10-/t28-,29-,32-,35+,42-/m1/s1. The van der Waals surface area contributed by atoms with Crippen LogP contribution < -0.4 is 9.46 Å². The number of hydrogen-bond acceptors (Lipinski definition) is 9. The van der Waals surface area contributed by atoms with Crippen molar-refractivity contribution in [3.8, 4) is 11.4 Å². The van der Waals surface area contributed by atoms with Gasteiger partial charge in [0, 0.05) is 30.5 Å². The number of nitrogens with one attached hydrogen (secondary N) is 1. The summed E-state index contributed by atoms with van der Waals surface area (Å²) in [5, 5.41) is 0. The number of allylic oxidation sites excluding steroid dienone is 2. The molecule has 1 aromatic heterocycles. The van der Waals surface area contributed by atoms with Crippen molar-refractivity contribution >= 4 is 44.6 Å². The van der Waals surface area contributed by atoms with Crippen molar-refractivity contribution in [2.45, 2.75) is 121 Å². The highest BCUT2D eigenvalue weighted by Gasteiger charge is 2.62. The highest BCUT2D eigenvalue weighted by atomic mass is 32.2. The van der Waals surface area contributed by atoms with Gasteiger partial charge in [-0.2, -0.15) is 0 Å². The number of para-hydroxylation sites is 1. The molecule has 0 unspecified atom stereocenters. The number of nitrogens with zero attached hydrogens (tertiary/aromatic N) is 3. The minimum Gasteiger partial charge on any atom is -0.488 e. The molecule has 5 atom stereocenters. The smallest absolute Gasteiger partial charge is 0.307 e. The Morgan fingerprint density at radius 1 is 1.04 bits per heavy atom. The third kappa shape index (κ3) is 8.36. The molecule has 2 aromatic carbocycles. The zero-order valence-corrected chi connectivity index (χ0v) is 33.0. The van der Waals surface area contributed by atoms with Crippen molar-refractivity contribution in [3.05, 3.63) is 67.0 Å². The molecule has 2 aliphatic carbocycles. The van der Waals surface area contributed by atoms with E-state index >= 15 is 0 Å². The molecule has 12 nitrogen and oxygen atoms in total. The lowest BCUT2D eigenvalue weighted by Crippen LogP contribution is -2.47. The lowest BCUT2D eigenvalue weighted by Gasteiger charge is -2.29. The van der Waals surface area contributed by atoms with Crippen molar-refractivity contribution in [1.82, 2.24) is 19.2 Å². The molecule has 3 fully saturated rings. The number of rotatable bonds is 8. The number of sulfonamides is 1. The normalized spacial score (nSPS) is 27.6. The van der Waals surface area contributed by atoms with E-state index < -0.39 is 55.7 Å². The Bertz CT molecular complexity index is 2100. The van der Waals surface area contributed by atoms with E-state index in [0.29, 0.717) is 37.9 Å². The number of aromatic nitrogens is 2. The van der Waals surface area contributed by atoms with Crippen LogP contribution >= 0.6 is 0 Å². The van der Waals surface area contributed by atoms with Gasteiger partial charge < -0.3 is 14.4 Å². The molecule has 0 bridgehead atoms. The second-order valence-electron chi connectivity index (χ2n) is 17.1. The topological polar surface area (TPSA) is 154 Å². The first-order valence-corrected chi connectivity index (χ1v) is 21.0. The maximum absolute atomic E-state index is 14.6. The quantitative estimate of drug-likeness (QED) is 0.208. The fraction of sp³-hybridized carbons (Fsp3) is 0.548. The first-order valence-electron chi connectivity index (χ1n) is 19.6. The predicted molar refractivity (Wildman–Crippen MR) is 207 cm³/mol. The van der Waals surface area contributed by atoms with Crippen molar-refractivity contribution < 1.29 is 37.1 Å². The number of Topliss-reactive ketones (excluding diaryl/α,β-unsaturated/α-hetero) is 1. The van der Waals surface area contributed by atoms with Crippen LogP contribution in [0.3, 0.4) is 0 Å². The fourth-order valence-electron chi connectivity index (χ4n) is 8.05. The van der Waals surface area contributed by atoms with E-state index in [1.807, 2.05) is 65.3 Å². The molecular weight excluding hydrogens is 721 g/mol. The first-order chi connectivity index (χ1) is 26.1. The molecule has 2 aliphatic heterocycles. The van der Waals surface area contributed by atoms with Crippen molar-refractivity contribution in [2.75, 3.05) is 6.54 Å². The Kier molecular flexibility index (Phi) is 10.5. The van der Waals surface area contributed by atoms with Crippen LogP contribution in [-0.4, -0.2) is 75.5 Å². The van der Waals surface area contributed by atoms with E-state index in [-0.39, 0.29) is 43.4 Å². The average molecular weight is 773 g/mol. The molecule has 13 heteroatoms. The van der Waals surface area contributed by atoms with Crippen molar-refractivity contribution in [3.63, 3.8) is 0 Å². The van der Waals surface area contributed by atoms with Crippen LogP contribution in [0.25, 0.3) is 16.7 Å². The SMILES string of the molecule is CC(C)(C)OC(=O)C[C@H]1CCCCC/C=C\[C@@H]2C[C@@]2(C(=O)NS(=O)(=O)C2(C)CC2)CC(=O)[C@@H]2C[C@@H](Oc3ccc4ncn(-c5ccccc5)c4c3)CN2C1=O. The third-order valence-corrected chi connectivity index (χ3v) is 13.8. The van der Waals surface area contributed by atoms with Crippen LogP contribution in [0, 0.1) is 17.3 Å². The van der Waals surface area contributed by atoms with E-state index in [0.717, 1.165) is 36.0 Å². The lowest BCUT2D eigenvalue weighted by molar-refractivity contribution is -0.159. The molecule has 2 amide bonds. The number of esters is 1. The van der Waals surface area contributed by atoms with Gasteiger partial charge in [0.05, 0.1) is 40.2 Å². The molecule has 7 rings (SSSR count). The van der Waals surface area contributed by atoms with Gasteiger partial charge in [-0.1, -0.05) is 43.2 Å². The van der Waals surface area contributed by atoms with Gasteiger partial charge in [0.1, 0.15) is 23.8 Å². The molecule has 0 radical (unpaired) electrons. The second kappa shape index (κ2) is 14.9. The van der Waals surface area contributed by atoms with E-state index in [4.69, 9.17) is 9.47 Å². The van der Waals surface area contributed by atoms with E-state index in [1.54, 1.807) is 34.0 Å². The van der Waals surface area contributed by atoms with E-state index in [9.17, 15) is 27.6 Å². The molecule has 1 saturated heterocycles. The molecule has 3 heterocycles. The average Bonchev–Trinajstić information content (AvgIpc) is 3.93. The molecule has 4 aliphatic rings. The minimum absolute atomic E-state index is 0.102. The van der Waals surface area contributed by atoms with Crippen LogP contribution in [0.5, 0.6) is 5.75 Å². The summed E-state index contributed by atoms with van der Waals surface area (Å²) in [5.74, 6) is -2.26. The van der Waals surface area contributed by atoms with Gasteiger partial charge in [-0.3, -0.25) is 28.5 Å². The van der Waals surface area contributed by atoms with Gasteiger partial charge in [0.15, 0.2) is 5.78 Å². The van der Waals surface area contributed by atoms with Crippen molar-refractivity contribution in [1.29, 1.82) is 0 Å². The summed E-state index contributed by atoms with van der Waals surface area (Å²) in [7, 11) is -3.93. The van der Waals surface area contributed by atoms with Gasteiger partial charge in [-0.05, 0) is 96.4 Å². The van der Waals surface area contributed by atoms with Crippen LogP contribution in [0.15, 0.2) is 67.0 Å². The first kappa shape index (κ1) is 38.7. The second-order valence-corrected chi connectivity index (χ2v) is 19.3. The largest absolute Gasteiger partial charge is 0.488 e. The Morgan fingerprint density at radius 2 is 1.80 bits per heavy atom. The molecule has 294 valence electrons. The number of ketones is 1. The van der Waals surface area contributed by atoms with Crippen LogP contribution in [0.4, 0.5) is 0 Å². The molecule has 1 N–H and O–H groups in total. The number of fused-ring (bicyclic) bond motifs is 3. The lowest BCUT2D eigenvalue weighted by atomic mass is 9.90. The van der Waals surface area contributed by atoms with Crippen LogP contribution in [0.2, 0.25) is 0 Å².